The van der Waals surface area contributed by atoms with E-state index in [0.717, 1.165) is 11.3 Å². The number of rotatable bonds is 2. The van der Waals surface area contributed by atoms with Crippen molar-refractivity contribution in [3.05, 3.63) is 42.0 Å². The van der Waals surface area contributed by atoms with Gasteiger partial charge in [-0.2, -0.15) is 0 Å². The summed E-state index contributed by atoms with van der Waals surface area (Å²) in [6, 6.07) is 3.77. The first-order valence-electron chi connectivity index (χ1n) is 3.53. The first kappa shape index (κ1) is 8.46. The normalized spacial score (nSPS) is 10.4. The molecule has 3 nitrogen and oxygen atoms in total. The zero-order valence-electron chi connectivity index (χ0n) is 6.86. The topological polar surface area (TPSA) is 45.5 Å². The number of pyridine rings is 1. The minimum absolute atomic E-state index is 0.208. The Balaban J connectivity index is 2.89. The van der Waals surface area contributed by atoms with Crippen LogP contribution in [-0.2, 0) is 0 Å². The standard InChI is InChI=1S/C9H10N2O/c1-7-4-3-5-10-9(7)6-11-8(2)12/h3-6,12H,2H2,1H3/b11-6+. The van der Waals surface area contributed by atoms with Gasteiger partial charge in [-0.05, 0) is 25.1 Å². The van der Waals surface area contributed by atoms with E-state index in [1.807, 2.05) is 19.1 Å². The van der Waals surface area contributed by atoms with Gasteiger partial charge >= 0.3 is 0 Å². The maximum atomic E-state index is 8.68. The summed E-state index contributed by atoms with van der Waals surface area (Å²) in [6.07, 6.45) is 3.16. The summed E-state index contributed by atoms with van der Waals surface area (Å²) >= 11 is 0. The predicted octanol–water partition coefficient (Wildman–Crippen LogP) is 1.84. The maximum Gasteiger partial charge on any atom is 0.203 e. The molecule has 1 aromatic heterocycles. The molecule has 1 aromatic rings. The molecule has 0 unspecified atom stereocenters. The minimum atomic E-state index is -0.208. The maximum absolute atomic E-state index is 8.68. The van der Waals surface area contributed by atoms with Gasteiger partial charge in [-0.1, -0.05) is 6.07 Å². The lowest BCUT2D eigenvalue weighted by atomic mass is 10.2. The van der Waals surface area contributed by atoms with Gasteiger partial charge in [0, 0.05) is 6.20 Å². The summed E-state index contributed by atoms with van der Waals surface area (Å²) in [5, 5.41) is 8.68. The highest BCUT2D eigenvalue weighted by Crippen LogP contribution is 2.00. The molecule has 0 aliphatic carbocycles. The van der Waals surface area contributed by atoms with Gasteiger partial charge in [0.05, 0.1) is 11.9 Å². The van der Waals surface area contributed by atoms with E-state index in [1.54, 1.807) is 6.20 Å². The van der Waals surface area contributed by atoms with Gasteiger partial charge < -0.3 is 5.11 Å². The lowest BCUT2D eigenvalue weighted by Gasteiger charge is -1.95. The van der Waals surface area contributed by atoms with Gasteiger partial charge in [0.25, 0.3) is 0 Å². The van der Waals surface area contributed by atoms with Gasteiger partial charge in [0.15, 0.2) is 0 Å². The monoisotopic (exact) mass is 162 g/mol. The number of aromatic nitrogens is 1. The zero-order chi connectivity index (χ0) is 8.97. The van der Waals surface area contributed by atoms with E-state index in [-0.39, 0.29) is 5.88 Å². The van der Waals surface area contributed by atoms with Crippen LogP contribution in [0, 0.1) is 6.92 Å². The SMILES string of the molecule is C=C(O)/N=C/c1ncccc1C. The summed E-state index contributed by atoms with van der Waals surface area (Å²) in [6.45, 7) is 5.15. The van der Waals surface area contributed by atoms with E-state index in [0.29, 0.717) is 0 Å². The third kappa shape index (κ3) is 2.20. The van der Waals surface area contributed by atoms with Crippen LogP contribution in [0.5, 0.6) is 0 Å². The molecule has 0 saturated carbocycles. The van der Waals surface area contributed by atoms with Crippen LogP contribution < -0.4 is 0 Å². The highest BCUT2D eigenvalue weighted by molar-refractivity contribution is 5.79. The van der Waals surface area contributed by atoms with E-state index in [4.69, 9.17) is 5.11 Å². The van der Waals surface area contributed by atoms with Crippen LogP contribution in [-0.4, -0.2) is 16.3 Å². The molecule has 0 amide bonds. The predicted molar refractivity (Wildman–Crippen MR) is 48.3 cm³/mol. The smallest absolute Gasteiger partial charge is 0.203 e. The van der Waals surface area contributed by atoms with E-state index in [2.05, 4.69) is 16.6 Å². The lowest BCUT2D eigenvalue weighted by Crippen LogP contribution is -1.90. The summed E-state index contributed by atoms with van der Waals surface area (Å²) < 4.78 is 0. The molecule has 0 aromatic carbocycles. The Bertz CT molecular complexity index is 318. The number of aliphatic hydroxyl groups is 1. The molecule has 1 N–H and O–H groups in total. The second kappa shape index (κ2) is 3.67. The average molecular weight is 162 g/mol. The molecule has 0 saturated heterocycles. The van der Waals surface area contributed by atoms with E-state index < -0.39 is 0 Å². The summed E-state index contributed by atoms with van der Waals surface area (Å²) in [4.78, 5) is 7.68. The molecule has 1 rings (SSSR count). The number of hydrogen-bond acceptors (Lipinski definition) is 3. The zero-order valence-corrected chi connectivity index (χ0v) is 6.86. The molecule has 3 heteroatoms. The Hall–Kier alpha value is -1.64. The van der Waals surface area contributed by atoms with Gasteiger partial charge in [-0.3, -0.25) is 4.98 Å². The molecule has 12 heavy (non-hydrogen) atoms. The fraction of sp³-hybridized carbons (Fsp3) is 0.111. The summed E-state index contributed by atoms with van der Waals surface area (Å²) in [5.41, 5.74) is 1.76. The van der Waals surface area contributed by atoms with Gasteiger partial charge in [-0.15, -0.1) is 0 Å². The molecule has 0 atom stereocenters. The third-order valence-electron chi connectivity index (χ3n) is 1.39. The van der Waals surface area contributed by atoms with Crippen molar-refractivity contribution in [2.75, 3.05) is 0 Å². The van der Waals surface area contributed by atoms with Crippen LogP contribution in [0.3, 0.4) is 0 Å². The summed E-state index contributed by atoms with van der Waals surface area (Å²) in [7, 11) is 0. The molecular formula is C9H10N2O. The Kier molecular flexibility index (Phi) is 2.58. The fourth-order valence-corrected chi connectivity index (χ4v) is 0.769. The number of aliphatic imine (C=N–C) groups is 1. The Morgan fingerprint density at radius 1 is 1.75 bits per heavy atom. The van der Waals surface area contributed by atoms with Crippen LogP contribution in [0.1, 0.15) is 11.3 Å². The van der Waals surface area contributed by atoms with Gasteiger partial charge in [0.2, 0.25) is 5.88 Å². The first-order valence-corrected chi connectivity index (χ1v) is 3.53. The molecule has 0 bridgehead atoms. The quantitative estimate of drug-likeness (QED) is 0.532. The Morgan fingerprint density at radius 3 is 3.08 bits per heavy atom. The average Bonchev–Trinajstić information content (AvgIpc) is 2.03. The molecule has 0 radical (unpaired) electrons. The van der Waals surface area contributed by atoms with E-state index in [1.165, 1.54) is 6.21 Å². The van der Waals surface area contributed by atoms with Crippen molar-refractivity contribution in [3.63, 3.8) is 0 Å². The van der Waals surface area contributed by atoms with Crippen LogP contribution in [0.25, 0.3) is 0 Å². The Morgan fingerprint density at radius 2 is 2.50 bits per heavy atom. The number of nitrogens with zero attached hydrogens (tertiary/aromatic N) is 2. The molecular weight excluding hydrogens is 152 g/mol. The molecule has 62 valence electrons. The van der Waals surface area contributed by atoms with E-state index in [9.17, 15) is 0 Å². The van der Waals surface area contributed by atoms with Crippen molar-refractivity contribution in [1.82, 2.24) is 4.98 Å². The highest BCUT2D eigenvalue weighted by Gasteiger charge is 1.92. The second-order valence-electron chi connectivity index (χ2n) is 2.38. The molecule has 0 spiro atoms. The van der Waals surface area contributed by atoms with Gasteiger partial charge in [-0.25, -0.2) is 4.99 Å². The van der Waals surface area contributed by atoms with Crippen LogP contribution in [0.4, 0.5) is 0 Å². The number of hydrogen-bond donors (Lipinski definition) is 1. The number of aliphatic hydroxyl groups excluding tert-OH is 1. The second-order valence-corrected chi connectivity index (χ2v) is 2.38. The van der Waals surface area contributed by atoms with Crippen LogP contribution in [0.2, 0.25) is 0 Å². The van der Waals surface area contributed by atoms with Crippen LogP contribution in [0.15, 0.2) is 35.8 Å². The lowest BCUT2D eigenvalue weighted by molar-refractivity contribution is 0.410. The molecule has 0 aliphatic heterocycles. The van der Waals surface area contributed by atoms with Gasteiger partial charge in [0.1, 0.15) is 0 Å². The first-order chi connectivity index (χ1) is 5.70. The third-order valence-corrected chi connectivity index (χ3v) is 1.39. The van der Waals surface area contributed by atoms with Crippen molar-refractivity contribution >= 4 is 6.21 Å². The van der Waals surface area contributed by atoms with Crippen molar-refractivity contribution < 1.29 is 5.11 Å². The van der Waals surface area contributed by atoms with Crippen molar-refractivity contribution in [3.8, 4) is 0 Å². The van der Waals surface area contributed by atoms with Crippen molar-refractivity contribution in [1.29, 1.82) is 0 Å². The number of aryl methyl sites for hydroxylation is 1. The molecule has 1 heterocycles. The minimum Gasteiger partial charge on any atom is -0.494 e. The van der Waals surface area contributed by atoms with Crippen molar-refractivity contribution in [2.45, 2.75) is 6.92 Å². The fourth-order valence-electron chi connectivity index (χ4n) is 0.769. The Labute approximate surface area is 71.1 Å². The van der Waals surface area contributed by atoms with Crippen molar-refractivity contribution in [2.24, 2.45) is 4.99 Å². The molecule has 0 fully saturated rings. The highest BCUT2D eigenvalue weighted by atomic mass is 16.3. The molecule has 0 aliphatic rings. The van der Waals surface area contributed by atoms with Crippen LogP contribution >= 0.6 is 0 Å². The van der Waals surface area contributed by atoms with E-state index >= 15 is 0 Å². The largest absolute Gasteiger partial charge is 0.494 e. The summed E-state index contributed by atoms with van der Waals surface area (Å²) in [5.74, 6) is -0.208.